The summed E-state index contributed by atoms with van der Waals surface area (Å²) in [7, 11) is 0. The second kappa shape index (κ2) is 7.18. The van der Waals surface area contributed by atoms with Crippen LogP contribution >= 0.6 is 0 Å². The Hall–Kier alpha value is -3.14. The molecule has 1 N–H and O–H groups in total. The summed E-state index contributed by atoms with van der Waals surface area (Å²) >= 11 is 0. The van der Waals surface area contributed by atoms with E-state index in [1.165, 1.54) is 4.90 Å². The lowest BCUT2D eigenvalue weighted by Crippen LogP contribution is -2.39. The van der Waals surface area contributed by atoms with Gasteiger partial charge in [-0.3, -0.25) is 9.59 Å². The number of likely N-dealkylation sites (N-methyl/N-ethyl adjacent to an activating group) is 1. The SMILES string of the molecule is CCN(C(=O)C(=O)Nc1ccc2ccccc2c1)c1cccc(C)c1. The van der Waals surface area contributed by atoms with Crippen LogP contribution in [0.3, 0.4) is 0 Å². The fourth-order valence-electron chi connectivity index (χ4n) is 2.81. The van der Waals surface area contributed by atoms with Crippen LogP contribution in [-0.4, -0.2) is 18.4 Å². The minimum Gasteiger partial charge on any atom is -0.318 e. The van der Waals surface area contributed by atoms with E-state index >= 15 is 0 Å². The Balaban J connectivity index is 1.79. The third-order valence-corrected chi connectivity index (χ3v) is 4.08. The smallest absolute Gasteiger partial charge is 0.316 e. The fraction of sp³-hybridized carbons (Fsp3) is 0.143. The maximum Gasteiger partial charge on any atom is 0.316 e. The number of amides is 2. The molecule has 4 heteroatoms. The second-order valence-corrected chi connectivity index (χ2v) is 5.90. The first-order chi connectivity index (χ1) is 12.1. The summed E-state index contributed by atoms with van der Waals surface area (Å²) in [5, 5.41) is 4.80. The predicted octanol–water partition coefficient (Wildman–Crippen LogP) is 4.14. The summed E-state index contributed by atoms with van der Waals surface area (Å²) in [5.41, 5.74) is 2.37. The maximum absolute atomic E-state index is 12.6. The van der Waals surface area contributed by atoms with E-state index in [-0.39, 0.29) is 0 Å². The second-order valence-electron chi connectivity index (χ2n) is 5.90. The molecule has 4 nitrogen and oxygen atoms in total. The number of hydrogen-bond donors (Lipinski definition) is 1. The molecule has 0 aliphatic carbocycles. The van der Waals surface area contributed by atoms with Gasteiger partial charge in [0.1, 0.15) is 0 Å². The molecule has 0 atom stereocenters. The molecule has 0 unspecified atom stereocenters. The standard InChI is InChI=1S/C21H20N2O2/c1-3-23(19-10-6-7-15(2)13-19)21(25)20(24)22-18-12-11-16-8-4-5-9-17(16)14-18/h4-14H,3H2,1-2H3,(H,22,24). The molecule has 0 fully saturated rings. The Morgan fingerprint density at radius 3 is 2.40 bits per heavy atom. The third kappa shape index (κ3) is 3.69. The quantitative estimate of drug-likeness (QED) is 0.733. The first-order valence-corrected chi connectivity index (χ1v) is 8.27. The normalized spacial score (nSPS) is 10.5. The van der Waals surface area contributed by atoms with Crippen molar-refractivity contribution in [2.45, 2.75) is 13.8 Å². The van der Waals surface area contributed by atoms with Crippen LogP contribution in [0.5, 0.6) is 0 Å². The number of carbonyl (C=O) groups is 2. The average Bonchev–Trinajstić information content (AvgIpc) is 2.62. The van der Waals surface area contributed by atoms with E-state index in [0.717, 1.165) is 22.0 Å². The summed E-state index contributed by atoms with van der Waals surface area (Å²) in [6.45, 7) is 4.23. The molecule has 25 heavy (non-hydrogen) atoms. The van der Waals surface area contributed by atoms with Crippen molar-refractivity contribution in [2.75, 3.05) is 16.8 Å². The van der Waals surface area contributed by atoms with Crippen molar-refractivity contribution < 1.29 is 9.59 Å². The monoisotopic (exact) mass is 332 g/mol. The van der Waals surface area contributed by atoms with Crippen LogP contribution in [0.1, 0.15) is 12.5 Å². The Kier molecular flexibility index (Phi) is 4.80. The van der Waals surface area contributed by atoms with Crippen molar-refractivity contribution in [3.8, 4) is 0 Å². The number of hydrogen-bond acceptors (Lipinski definition) is 2. The molecule has 0 radical (unpaired) electrons. The molecule has 0 aliphatic heterocycles. The van der Waals surface area contributed by atoms with Crippen LogP contribution < -0.4 is 10.2 Å². The first kappa shape index (κ1) is 16.7. The number of carbonyl (C=O) groups excluding carboxylic acids is 2. The van der Waals surface area contributed by atoms with Crippen molar-refractivity contribution >= 4 is 34.0 Å². The molecule has 0 saturated heterocycles. The number of nitrogens with zero attached hydrogens (tertiary/aromatic N) is 1. The van der Waals surface area contributed by atoms with Gasteiger partial charge in [0, 0.05) is 17.9 Å². The van der Waals surface area contributed by atoms with Crippen LogP contribution in [0.25, 0.3) is 10.8 Å². The minimum atomic E-state index is -0.640. The van der Waals surface area contributed by atoms with Gasteiger partial charge in [-0.1, -0.05) is 42.5 Å². The summed E-state index contributed by atoms with van der Waals surface area (Å²) in [6, 6.07) is 21.0. The zero-order valence-corrected chi connectivity index (χ0v) is 14.3. The van der Waals surface area contributed by atoms with Gasteiger partial charge in [0.05, 0.1) is 0 Å². The minimum absolute atomic E-state index is 0.424. The van der Waals surface area contributed by atoms with E-state index in [2.05, 4.69) is 5.32 Å². The van der Waals surface area contributed by atoms with E-state index in [1.807, 2.05) is 74.5 Å². The van der Waals surface area contributed by atoms with Gasteiger partial charge in [-0.2, -0.15) is 0 Å². The molecule has 3 rings (SSSR count). The highest BCUT2D eigenvalue weighted by molar-refractivity contribution is 6.44. The lowest BCUT2D eigenvalue weighted by atomic mass is 10.1. The summed E-state index contributed by atoms with van der Waals surface area (Å²) in [5.74, 6) is -1.21. The first-order valence-electron chi connectivity index (χ1n) is 8.27. The number of fused-ring (bicyclic) bond motifs is 1. The van der Waals surface area contributed by atoms with Gasteiger partial charge in [-0.15, -0.1) is 0 Å². The van der Waals surface area contributed by atoms with Crippen molar-refractivity contribution in [1.29, 1.82) is 0 Å². The molecule has 0 aliphatic rings. The van der Waals surface area contributed by atoms with Crippen LogP contribution in [0, 0.1) is 6.92 Å². The molecule has 3 aromatic carbocycles. The van der Waals surface area contributed by atoms with E-state index in [1.54, 1.807) is 6.07 Å². The van der Waals surface area contributed by atoms with E-state index in [0.29, 0.717) is 12.2 Å². The van der Waals surface area contributed by atoms with E-state index in [9.17, 15) is 9.59 Å². The zero-order chi connectivity index (χ0) is 17.8. The molecule has 0 spiro atoms. The predicted molar refractivity (Wildman–Crippen MR) is 102 cm³/mol. The largest absolute Gasteiger partial charge is 0.318 e. The highest BCUT2D eigenvalue weighted by Crippen LogP contribution is 2.20. The van der Waals surface area contributed by atoms with Crippen LogP contribution in [-0.2, 0) is 9.59 Å². The molecule has 126 valence electrons. The lowest BCUT2D eigenvalue weighted by Gasteiger charge is -2.20. The van der Waals surface area contributed by atoms with E-state index in [4.69, 9.17) is 0 Å². The van der Waals surface area contributed by atoms with Crippen LogP contribution in [0.2, 0.25) is 0 Å². The summed E-state index contributed by atoms with van der Waals surface area (Å²) in [4.78, 5) is 26.4. The third-order valence-electron chi connectivity index (χ3n) is 4.08. The van der Waals surface area contributed by atoms with Gasteiger partial charge >= 0.3 is 11.8 Å². The number of anilines is 2. The molecule has 3 aromatic rings. The number of aryl methyl sites for hydroxylation is 1. The molecule has 0 saturated carbocycles. The topological polar surface area (TPSA) is 49.4 Å². The Morgan fingerprint density at radius 2 is 1.68 bits per heavy atom. The fourth-order valence-corrected chi connectivity index (χ4v) is 2.81. The molecular weight excluding hydrogens is 312 g/mol. The Bertz CT molecular complexity index is 934. The van der Waals surface area contributed by atoms with Gasteiger partial charge < -0.3 is 10.2 Å². The van der Waals surface area contributed by atoms with Crippen molar-refractivity contribution in [2.24, 2.45) is 0 Å². The van der Waals surface area contributed by atoms with Gasteiger partial charge in [-0.25, -0.2) is 0 Å². The van der Waals surface area contributed by atoms with Gasteiger partial charge in [0.15, 0.2) is 0 Å². The molecule has 0 aromatic heterocycles. The lowest BCUT2D eigenvalue weighted by molar-refractivity contribution is -0.134. The van der Waals surface area contributed by atoms with E-state index < -0.39 is 11.8 Å². The molecule has 0 heterocycles. The maximum atomic E-state index is 12.6. The Labute approximate surface area is 147 Å². The van der Waals surface area contributed by atoms with Crippen molar-refractivity contribution in [3.05, 3.63) is 72.3 Å². The number of rotatable bonds is 3. The van der Waals surface area contributed by atoms with Gasteiger partial charge in [0.25, 0.3) is 0 Å². The average molecular weight is 332 g/mol. The molecule has 2 amide bonds. The Morgan fingerprint density at radius 1 is 0.920 bits per heavy atom. The number of nitrogens with one attached hydrogen (secondary N) is 1. The van der Waals surface area contributed by atoms with Crippen LogP contribution in [0.15, 0.2) is 66.7 Å². The molecule has 0 bridgehead atoms. The van der Waals surface area contributed by atoms with Crippen molar-refractivity contribution in [3.63, 3.8) is 0 Å². The summed E-state index contributed by atoms with van der Waals surface area (Å²) < 4.78 is 0. The van der Waals surface area contributed by atoms with Gasteiger partial charge in [-0.05, 0) is 54.4 Å². The number of benzene rings is 3. The van der Waals surface area contributed by atoms with Crippen molar-refractivity contribution in [1.82, 2.24) is 0 Å². The zero-order valence-electron chi connectivity index (χ0n) is 14.3. The van der Waals surface area contributed by atoms with Gasteiger partial charge in [0.2, 0.25) is 0 Å². The molecular formula is C21H20N2O2. The highest BCUT2D eigenvalue weighted by Gasteiger charge is 2.22. The van der Waals surface area contributed by atoms with Crippen LogP contribution in [0.4, 0.5) is 11.4 Å². The highest BCUT2D eigenvalue weighted by atomic mass is 16.2. The summed E-state index contributed by atoms with van der Waals surface area (Å²) in [6.07, 6.45) is 0.